The molecule has 1 fully saturated rings. The van der Waals surface area contributed by atoms with E-state index < -0.39 is 10.0 Å². The van der Waals surface area contributed by atoms with Crippen molar-refractivity contribution < 1.29 is 13.2 Å². The van der Waals surface area contributed by atoms with Gasteiger partial charge in [0.05, 0.1) is 21.9 Å². The van der Waals surface area contributed by atoms with E-state index >= 15 is 0 Å². The van der Waals surface area contributed by atoms with Crippen LogP contribution in [0.2, 0.25) is 0 Å². The molecule has 108 valence electrons. The highest BCUT2D eigenvalue weighted by Gasteiger charge is 2.34. The van der Waals surface area contributed by atoms with E-state index in [1.807, 2.05) is 13.8 Å². The minimum atomic E-state index is -3.49. The molecule has 8 heteroatoms. The molecule has 2 heterocycles. The first-order valence-corrected chi connectivity index (χ1v) is 9.42. The summed E-state index contributed by atoms with van der Waals surface area (Å²) in [5.41, 5.74) is 0. The predicted molar refractivity (Wildman–Crippen MR) is 80.3 cm³/mol. The lowest BCUT2D eigenvalue weighted by Gasteiger charge is -2.34. The van der Waals surface area contributed by atoms with Crippen LogP contribution in [0.15, 0.2) is 14.7 Å². The van der Waals surface area contributed by atoms with Crippen LogP contribution in [0.1, 0.15) is 18.7 Å². The van der Waals surface area contributed by atoms with Gasteiger partial charge in [-0.15, -0.1) is 22.9 Å². The molecule has 0 bridgehead atoms. The van der Waals surface area contributed by atoms with Gasteiger partial charge in [-0.1, -0.05) is 0 Å². The van der Waals surface area contributed by atoms with Crippen LogP contribution in [0, 0.1) is 0 Å². The Balaban J connectivity index is 2.33. The fraction of sp³-hybridized carbons (Fsp3) is 0.636. The van der Waals surface area contributed by atoms with Gasteiger partial charge in [0.1, 0.15) is 4.90 Å². The first-order chi connectivity index (χ1) is 8.84. The molecule has 2 rings (SSSR count). The number of ether oxygens (including phenoxy) is 1. The molecule has 1 aliphatic heterocycles. The van der Waals surface area contributed by atoms with E-state index in [2.05, 4.69) is 15.9 Å². The highest BCUT2D eigenvalue weighted by atomic mass is 79.9. The van der Waals surface area contributed by atoms with Crippen LogP contribution in [0.25, 0.3) is 0 Å². The van der Waals surface area contributed by atoms with Crippen LogP contribution in [-0.4, -0.2) is 38.0 Å². The first kappa shape index (κ1) is 15.7. The molecule has 0 spiro atoms. The zero-order chi connectivity index (χ0) is 14.2. The Morgan fingerprint density at radius 1 is 1.47 bits per heavy atom. The van der Waals surface area contributed by atoms with E-state index in [4.69, 9.17) is 16.3 Å². The number of alkyl halides is 1. The summed E-state index contributed by atoms with van der Waals surface area (Å²) in [6.07, 6.45) is -0.188. The largest absolute Gasteiger partial charge is 0.373 e. The maximum Gasteiger partial charge on any atom is 0.245 e. The summed E-state index contributed by atoms with van der Waals surface area (Å²) in [6, 6.07) is 1.64. The van der Waals surface area contributed by atoms with Gasteiger partial charge in [0.25, 0.3) is 0 Å². The van der Waals surface area contributed by atoms with Gasteiger partial charge >= 0.3 is 0 Å². The minimum absolute atomic E-state index is 0.0940. The van der Waals surface area contributed by atoms with Crippen molar-refractivity contribution in [2.24, 2.45) is 0 Å². The molecule has 0 aromatic carbocycles. The molecule has 0 saturated carbocycles. The molecule has 0 N–H and O–H groups in total. The maximum atomic E-state index is 12.6. The van der Waals surface area contributed by atoms with E-state index in [0.29, 0.717) is 27.7 Å². The molecular formula is C11H15BrClNO3S2. The maximum absolute atomic E-state index is 12.6. The fourth-order valence-corrected chi connectivity index (χ4v) is 6.42. The molecule has 0 aliphatic carbocycles. The lowest BCUT2D eigenvalue weighted by atomic mass is 10.3. The quantitative estimate of drug-likeness (QED) is 0.748. The Bertz CT molecular complexity index is 550. The van der Waals surface area contributed by atoms with Crippen LogP contribution < -0.4 is 0 Å². The topological polar surface area (TPSA) is 46.6 Å². The standard InChI is InChI=1S/C11H15BrClNO3S2/c1-7-5-14(6-8(2)17-7)19(15,16)10-3-9(4-13)18-11(10)12/h3,7-8H,4-6H2,1-2H3/t7-,8+. The molecule has 1 aromatic rings. The lowest BCUT2D eigenvalue weighted by Crippen LogP contribution is -2.48. The zero-order valence-electron chi connectivity index (χ0n) is 10.6. The lowest BCUT2D eigenvalue weighted by molar-refractivity contribution is -0.0440. The van der Waals surface area contributed by atoms with Crippen LogP contribution >= 0.6 is 38.9 Å². The van der Waals surface area contributed by atoms with Crippen molar-refractivity contribution in [1.29, 1.82) is 0 Å². The zero-order valence-corrected chi connectivity index (χ0v) is 14.6. The van der Waals surface area contributed by atoms with Gasteiger partial charge in [0, 0.05) is 18.0 Å². The first-order valence-electron chi connectivity index (χ1n) is 5.84. The third-order valence-electron chi connectivity index (χ3n) is 2.84. The second-order valence-corrected chi connectivity index (χ2v) is 9.19. The second-order valence-electron chi connectivity index (χ2n) is 4.56. The Kier molecular flexibility index (Phi) is 4.96. The summed E-state index contributed by atoms with van der Waals surface area (Å²) in [6.45, 7) is 4.52. The van der Waals surface area contributed by atoms with Crippen molar-refractivity contribution in [3.8, 4) is 0 Å². The van der Waals surface area contributed by atoms with E-state index in [0.717, 1.165) is 4.88 Å². The number of morpholine rings is 1. The van der Waals surface area contributed by atoms with Gasteiger partial charge in [0.15, 0.2) is 0 Å². The third kappa shape index (κ3) is 3.33. The molecule has 0 radical (unpaired) electrons. The van der Waals surface area contributed by atoms with Gasteiger partial charge in [-0.05, 0) is 35.8 Å². The van der Waals surface area contributed by atoms with Crippen LogP contribution in [0.5, 0.6) is 0 Å². The van der Waals surface area contributed by atoms with Crippen molar-refractivity contribution in [1.82, 2.24) is 4.31 Å². The Morgan fingerprint density at radius 2 is 2.05 bits per heavy atom. The van der Waals surface area contributed by atoms with Crippen molar-refractivity contribution in [3.05, 3.63) is 14.7 Å². The number of nitrogens with zero attached hydrogens (tertiary/aromatic N) is 1. The molecule has 0 unspecified atom stereocenters. The molecular weight excluding hydrogens is 374 g/mol. The van der Waals surface area contributed by atoms with E-state index in [-0.39, 0.29) is 12.2 Å². The Labute approximate surface area is 130 Å². The minimum Gasteiger partial charge on any atom is -0.373 e. The molecule has 4 nitrogen and oxygen atoms in total. The molecule has 1 saturated heterocycles. The van der Waals surface area contributed by atoms with Crippen molar-refractivity contribution in [2.75, 3.05) is 13.1 Å². The Hall–Kier alpha value is 0.340. The molecule has 1 aliphatic rings. The second kappa shape index (κ2) is 5.99. The highest BCUT2D eigenvalue weighted by molar-refractivity contribution is 9.11. The number of thiophene rings is 1. The smallest absolute Gasteiger partial charge is 0.245 e. The van der Waals surface area contributed by atoms with Crippen LogP contribution in [0.3, 0.4) is 0 Å². The van der Waals surface area contributed by atoms with Crippen molar-refractivity contribution in [3.63, 3.8) is 0 Å². The highest BCUT2D eigenvalue weighted by Crippen LogP contribution is 2.35. The van der Waals surface area contributed by atoms with Crippen LogP contribution in [0.4, 0.5) is 0 Å². The Morgan fingerprint density at radius 3 is 2.53 bits per heavy atom. The number of sulfonamides is 1. The molecule has 1 aromatic heterocycles. The predicted octanol–water partition coefficient (Wildman–Crippen LogP) is 3.05. The number of hydrogen-bond acceptors (Lipinski definition) is 4. The van der Waals surface area contributed by atoms with E-state index in [9.17, 15) is 8.42 Å². The van der Waals surface area contributed by atoms with Crippen molar-refractivity contribution in [2.45, 2.75) is 36.8 Å². The monoisotopic (exact) mass is 387 g/mol. The number of rotatable bonds is 3. The van der Waals surface area contributed by atoms with Crippen molar-refractivity contribution >= 4 is 48.9 Å². The van der Waals surface area contributed by atoms with Gasteiger partial charge in [-0.2, -0.15) is 4.31 Å². The SMILES string of the molecule is C[C@@H]1CN(S(=O)(=O)c2cc(CCl)sc2Br)C[C@H](C)O1. The van der Waals surface area contributed by atoms with Gasteiger partial charge in [-0.3, -0.25) is 0 Å². The van der Waals surface area contributed by atoms with E-state index in [1.54, 1.807) is 6.07 Å². The summed E-state index contributed by atoms with van der Waals surface area (Å²) in [5, 5.41) is 0. The summed E-state index contributed by atoms with van der Waals surface area (Å²) >= 11 is 10.4. The molecule has 0 amide bonds. The average molecular weight is 389 g/mol. The number of hydrogen-bond donors (Lipinski definition) is 0. The van der Waals surface area contributed by atoms with E-state index in [1.165, 1.54) is 15.6 Å². The third-order valence-corrected chi connectivity index (χ3v) is 7.37. The van der Waals surface area contributed by atoms with Gasteiger partial charge in [0.2, 0.25) is 10.0 Å². The number of halogens is 2. The molecule has 19 heavy (non-hydrogen) atoms. The summed E-state index contributed by atoms with van der Waals surface area (Å²) in [4.78, 5) is 1.14. The van der Waals surface area contributed by atoms with Gasteiger partial charge in [-0.25, -0.2) is 8.42 Å². The summed E-state index contributed by atoms with van der Waals surface area (Å²) < 4.78 is 32.9. The summed E-state index contributed by atoms with van der Waals surface area (Å²) in [7, 11) is -3.49. The van der Waals surface area contributed by atoms with Gasteiger partial charge < -0.3 is 4.74 Å². The normalized spacial score (nSPS) is 25.7. The average Bonchev–Trinajstić information content (AvgIpc) is 2.70. The van der Waals surface area contributed by atoms with Crippen LogP contribution in [-0.2, 0) is 20.6 Å². The molecule has 2 atom stereocenters. The fourth-order valence-electron chi connectivity index (χ4n) is 2.11. The summed E-state index contributed by atoms with van der Waals surface area (Å²) in [5.74, 6) is 0.314.